The molecule has 1 saturated heterocycles. The van der Waals surface area contributed by atoms with Gasteiger partial charge in [-0.2, -0.15) is 0 Å². The van der Waals surface area contributed by atoms with E-state index in [1.165, 1.54) is 11.3 Å². The number of anilines is 1. The molecule has 1 N–H and O–H groups in total. The van der Waals surface area contributed by atoms with Gasteiger partial charge in [-0.15, -0.1) is 0 Å². The van der Waals surface area contributed by atoms with E-state index in [2.05, 4.69) is 52.4 Å². The molecule has 0 spiro atoms. The number of hydrogen-bond donors (Lipinski definition) is 1. The Kier molecular flexibility index (Phi) is 7.94. The molecule has 0 unspecified atom stereocenters. The zero-order valence-electron chi connectivity index (χ0n) is 17.6. The Bertz CT molecular complexity index is 758. The summed E-state index contributed by atoms with van der Waals surface area (Å²) in [5, 5.41) is 3.13. The van der Waals surface area contributed by atoms with Crippen LogP contribution in [0.2, 0.25) is 0 Å². The third-order valence-corrected chi connectivity index (χ3v) is 5.24. The summed E-state index contributed by atoms with van der Waals surface area (Å²) in [5.74, 6) is 0.974. The van der Waals surface area contributed by atoms with E-state index in [0.29, 0.717) is 13.0 Å². The van der Waals surface area contributed by atoms with Crippen LogP contribution < -0.4 is 15.0 Å². The number of benzene rings is 2. The molecule has 2 aromatic carbocycles. The van der Waals surface area contributed by atoms with Crippen LogP contribution in [0, 0.1) is 6.92 Å². The summed E-state index contributed by atoms with van der Waals surface area (Å²) >= 11 is 0. The summed E-state index contributed by atoms with van der Waals surface area (Å²) in [6.07, 6.45) is 1.22. The van der Waals surface area contributed by atoms with Gasteiger partial charge in [0.2, 0.25) is 5.91 Å². The second kappa shape index (κ2) is 10.9. The van der Waals surface area contributed by atoms with Crippen LogP contribution in [-0.4, -0.2) is 56.2 Å². The predicted octanol–water partition coefficient (Wildman–Crippen LogP) is 3.48. The first-order valence-electron chi connectivity index (χ1n) is 10.6. The summed E-state index contributed by atoms with van der Waals surface area (Å²) in [5.41, 5.74) is 2.47. The highest BCUT2D eigenvalue weighted by Crippen LogP contribution is 2.16. The van der Waals surface area contributed by atoms with Gasteiger partial charge in [0.15, 0.2) is 0 Å². The van der Waals surface area contributed by atoms with Crippen molar-refractivity contribution < 1.29 is 9.53 Å². The van der Waals surface area contributed by atoms with Gasteiger partial charge in [0, 0.05) is 50.9 Å². The Morgan fingerprint density at radius 3 is 2.55 bits per heavy atom. The molecule has 0 aliphatic carbocycles. The average molecular weight is 396 g/mol. The molecular weight excluding hydrogens is 362 g/mol. The van der Waals surface area contributed by atoms with Crippen LogP contribution in [0.25, 0.3) is 0 Å². The molecule has 29 heavy (non-hydrogen) atoms. The lowest BCUT2D eigenvalue weighted by Crippen LogP contribution is -2.50. The van der Waals surface area contributed by atoms with E-state index in [4.69, 9.17) is 4.74 Å². The van der Waals surface area contributed by atoms with Crippen molar-refractivity contribution in [1.29, 1.82) is 0 Å². The lowest BCUT2D eigenvalue weighted by Gasteiger charge is -2.37. The molecule has 1 fully saturated rings. The van der Waals surface area contributed by atoms with Crippen LogP contribution in [0.15, 0.2) is 54.6 Å². The summed E-state index contributed by atoms with van der Waals surface area (Å²) in [6.45, 7) is 9.70. The number of carbonyl (C=O) groups excluding carboxylic acids is 1. The molecule has 1 heterocycles. The molecule has 1 amide bonds. The SMILES string of the molecule is Cc1cccc(OCCCC(=O)N[C@H](C)CN2CCN(c3ccccc3)CC2)c1. The maximum atomic E-state index is 12.2. The van der Waals surface area contributed by atoms with Gasteiger partial charge in [0.1, 0.15) is 5.75 Å². The third kappa shape index (κ3) is 7.09. The Hall–Kier alpha value is -2.53. The molecule has 2 aromatic rings. The van der Waals surface area contributed by atoms with Gasteiger partial charge in [0.05, 0.1) is 6.61 Å². The molecule has 1 aliphatic heterocycles. The summed E-state index contributed by atoms with van der Waals surface area (Å²) in [6, 6.07) is 18.7. The zero-order valence-corrected chi connectivity index (χ0v) is 17.6. The fraction of sp³-hybridized carbons (Fsp3) is 0.458. The summed E-state index contributed by atoms with van der Waals surface area (Å²) in [7, 11) is 0. The van der Waals surface area contributed by atoms with Crippen LogP contribution in [0.5, 0.6) is 5.75 Å². The number of aryl methyl sites for hydroxylation is 1. The number of carbonyl (C=O) groups is 1. The van der Waals surface area contributed by atoms with E-state index in [1.807, 2.05) is 31.2 Å². The van der Waals surface area contributed by atoms with E-state index >= 15 is 0 Å². The highest BCUT2D eigenvalue weighted by molar-refractivity contribution is 5.76. The van der Waals surface area contributed by atoms with E-state index in [1.54, 1.807) is 0 Å². The second-order valence-corrected chi connectivity index (χ2v) is 7.86. The Morgan fingerprint density at radius 2 is 1.83 bits per heavy atom. The van der Waals surface area contributed by atoms with Crippen LogP contribution in [0.4, 0.5) is 5.69 Å². The number of rotatable bonds is 9. The number of ether oxygens (including phenoxy) is 1. The van der Waals surface area contributed by atoms with Gasteiger partial charge in [-0.1, -0.05) is 30.3 Å². The van der Waals surface area contributed by atoms with E-state index in [9.17, 15) is 4.79 Å². The van der Waals surface area contributed by atoms with Crippen molar-refractivity contribution in [3.05, 3.63) is 60.2 Å². The van der Waals surface area contributed by atoms with E-state index in [-0.39, 0.29) is 11.9 Å². The highest BCUT2D eigenvalue weighted by atomic mass is 16.5. The first kappa shape index (κ1) is 21.2. The predicted molar refractivity (Wildman–Crippen MR) is 119 cm³/mol. The minimum Gasteiger partial charge on any atom is -0.494 e. The van der Waals surface area contributed by atoms with Gasteiger partial charge >= 0.3 is 0 Å². The standard InChI is InChI=1S/C24H33N3O2/c1-20-8-6-11-23(18-20)29-17-7-12-24(28)25-21(2)19-26-13-15-27(16-14-26)22-9-4-3-5-10-22/h3-6,8-11,18,21H,7,12-17,19H2,1-2H3,(H,25,28)/t21-/m1/s1. The van der Waals surface area contributed by atoms with E-state index in [0.717, 1.165) is 44.9 Å². The third-order valence-electron chi connectivity index (χ3n) is 5.24. The lowest BCUT2D eigenvalue weighted by atomic mass is 10.2. The number of nitrogens with zero attached hydrogens (tertiary/aromatic N) is 2. The number of amides is 1. The highest BCUT2D eigenvalue weighted by Gasteiger charge is 2.19. The fourth-order valence-electron chi connectivity index (χ4n) is 3.74. The first-order valence-corrected chi connectivity index (χ1v) is 10.6. The Morgan fingerprint density at radius 1 is 1.07 bits per heavy atom. The molecule has 0 saturated carbocycles. The minimum atomic E-state index is 0.105. The van der Waals surface area contributed by atoms with Crippen molar-refractivity contribution in [2.45, 2.75) is 32.7 Å². The maximum absolute atomic E-state index is 12.2. The van der Waals surface area contributed by atoms with Crippen LogP contribution in [-0.2, 0) is 4.79 Å². The van der Waals surface area contributed by atoms with Gasteiger partial charge in [-0.05, 0) is 50.1 Å². The summed E-state index contributed by atoms with van der Waals surface area (Å²) < 4.78 is 5.72. The summed E-state index contributed by atoms with van der Waals surface area (Å²) in [4.78, 5) is 17.1. The molecule has 3 rings (SSSR count). The van der Waals surface area contributed by atoms with Crippen molar-refractivity contribution >= 4 is 11.6 Å². The molecule has 0 aromatic heterocycles. The topological polar surface area (TPSA) is 44.8 Å². The number of nitrogens with one attached hydrogen (secondary N) is 1. The van der Waals surface area contributed by atoms with Crippen LogP contribution >= 0.6 is 0 Å². The lowest BCUT2D eigenvalue weighted by molar-refractivity contribution is -0.122. The smallest absolute Gasteiger partial charge is 0.220 e. The quantitative estimate of drug-likeness (QED) is 0.660. The van der Waals surface area contributed by atoms with Gasteiger partial charge < -0.3 is 15.0 Å². The van der Waals surface area contributed by atoms with Crippen molar-refractivity contribution in [1.82, 2.24) is 10.2 Å². The van der Waals surface area contributed by atoms with Crippen LogP contribution in [0.1, 0.15) is 25.3 Å². The second-order valence-electron chi connectivity index (χ2n) is 7.86. The maximum Gasteiger partial charge on any atom is 0.220 e. The Labute approximate surface area is 174 Å². The van der Waals surface area contributed by atoms with E-state index < -0.39 is 0 Å². The van der Waals surface area contributed by atoms with Crippen molar-refractivity contribution in [3.63, 3.8) is 0 Å². The molecule has 0 bridgehead atoms. The number of piperazine rings is 1. The van der Waals surface area contributed by atoms with Crippen molar-refractivity contribution in [2.75, 3.05) is 44.2 Å². The monoisotopic (exact) mass is 395 g/mol. The van der Waals surface area contributed by atoms with Crippen LogP contribution in [0.3, 0.4) is 0 Å². The normalized spacial score (nSPS) is 15.7. The van der Waals surface area contributed by atoms with Gasteiger partial charge in [0.25, 0.3) is 0 Å². The fourth-order valence-corrected chi connectivity index (χ4v) is 3.74. The molecule has 1 atom stereocenters. The molecule has 156 valence electrons. The largest absolute Gasteiger partial charge is 0.494 e. The molecule has 5 heteroatoms. The zero-order chi connectivity index (χ0) is 20.5. The van der Waals surface area contributed by atoms with Gasteiger partial charge in [-0.25, -0.2) is 0 Å². The first-order chi connectivity index (χ1) is 14.1. The van der Waals surface area contributed by atoms with Crippen molar-refractivity contribution in [3.8, 4) is 5.75 Å². The minimum absolute atomic E-state index is 0.105. The molecule has 0 radical (unpaired) electrons. The van der Waals surface area contributed by atoms with Gasteiger partial charge in [-0.3, -0.25) is 9.69 Å². The number of hydrogen-bond acceptors (Lipinski definition) is 4. The van der Waals surface area contributed by atoms with Crippen molar-refractivity contribution in [2.24, 2.45) is 0 Å². The number of para-hydroxylation sites is 1. The molecule has 1 aliphatic rings. The molecule has 5 nitrogen and oxygen atoms in total. The molecular formula is C24H33N3O2. The Balaban J connectivity index is 1.29. The average Bonchev–Trinajstić information content (AvgIpc) is 2.72.